The van der Waals surface area contributed by atoms with Crippen LogP contribution in [0.3, 0.4) is 0 Å². The Morgan fingerprint density at radius 1 is 1.16 bits per heavy atom. The molecule has 162 valence electrons. The van der Waals surface area contributed by atoms with Crippen LogP contribution in [0, 0.1) is 6.92 Å². The fourth-order valence-corrected chi connectivity index (χ4v) is 4.63. The quantitative estimate of drug-likeness (QED) is 0.671. The predicted octanol–water partition coefficient (Wildman–Crippen LogP) is 2.97. The maximum absolute atomic E-state index is 12.8. The molecule has 1 aromatic carbocycles. The van der Waals surface area contributed by atoms with Crippen LogP contribution >= 0.6 is 11.8 Å². The van der Waals surface area contributed by atoms with Gasteiger partial charge in [0.15, 0.2) is 10.0 Å². The van der Waals surface area contributed by atoms with E-state index in [-0.39, 0.29) is 28.1 Å². The van der Waals surface area contributed by atoms with Crippen molar-refractivity contribution >= 4 is 40.4 Å². The third kappa shape index (κ3) is 4.24. The Balaban J connectivity index is 2.17. The van der Waals surface area contributed by atoms with Gasteiger partial charge in [0.2, 0.25) is 11.8 Å². The lowest BCUT2D eigenvalue weighted by atomic mass is 10.1. The Hall–Kier alpha value is -3.40. The van der Waals surface area contributed by atoms with Crippen molar-refractivity contribution in [1.29, 1.82) is 0 Å². The number of amidine groups is 1. The molecule has 1 aromatic heterocycles. The highest BCUT2D eigenvalue weighted by Crippen LogP contribution is 2.48. The Labute approximate surface area is 182 Å². The van der Waals surface area contributed by atoms with E-state index in [2.05, 4.69) is 5.10 Å². The molecule has 31 heavy (non-hydrogen) atoms. The molecule has 1 atom stereocenters. The van der Waals surface area contributed by atoms with Crippen molar-refractivity contribution in [3.8, 4) is 5.75 Å². The molecule has 3 rings (SSSR count). The van der Waals surface area contributed by atoms with E-state index >= 15 is 0 Å². The van der Waals surface area contributed by atoms with Gasteiger partial charge in [0.1, 0.15) is 17.1 Å². The number of hydrogen-bond donors (Lipinski definition) is 0. The molecule has 2 heterocycles. The molecule has 0 N–H and O–H groups in total. The van der Waals surface area contributed by atoms with Gasteiger partial charge in [-0.05, 0) is 26.0 Å². The summed E-state index contributed by atoms with van der Waals surface area (Å²) in [7, 11) is 0. The Kier molecular flexibility index (Phi) is 6.03. The first-order chi connectivity index (χ1) is 14.5. The maximum Gasteiger partial charge on any atom is 0.346 e. The molecular weight excluding hydrogens is 422 g/mol. The van der Waals surface area contributed by atoms with Crippen LogP contribution in [0.5, 0.6) is 5.75 Å². The predicted molar refractivity (Wildman–Crippen MR) is 116 cm³/mol. The normalized spacial score (nSPS) is 17.8. The van der Waals surface area contributed by atoms with Gasteiger partial charge in [-0.25, -0.2) is 9.80 Å². The molecule has 2 aromatic rings. The molecule has 0 bridgehead atoms. The van der Waals surface area contributed by atoms with E-state index in [0.717, 1.165) is 16.8 Å². The number of anilines is 1. The maximum atomic E-state index is 12.8. The van der Waals surface area contributed by atoms with Crippen molar-refractivity contribution in [1.82, 2.24) is 5.01 Å². The van der Waals surface area contributed by atoms with E-state index in [1.54, 1.807) is 44.2 Å². The van der Waals surface area contributed by atoms with Crippen molar-refractivity contribution < 1.29 is 23.5 Å². The zero-order valence-electron chi connectivity index (χ0n) is 17.7. The number of para-hydroxylation sites is 1. The molecule has 1 unspecified atom stereocenters. The van der Waals surface area contributed by atoms with Gasteiger partial charge in [-0.1, -0.05) is 30.0 Å². The van der Waals surface area contributed by atoms with Crippen LogP contribution in [0.2, 0.25) is 0 Å². The summed E-state index contributed by atoms with van der Waals surface area (Å²) in [5.41, 5.74) is -0.294. The van der Waals surface area contributed by atoms with Gasteiger partial charge < -0.3 is 9.15 Å². The number of esters is 1. The smallest absolute Gasteiger partial charge is 0.346 e. The molecule has 0 saturated carbocycles. The largest absolute Gasteiger partial charge is 0.428 e. The van der Waals surface area contributed by atoms with Crippen molar-refractivity contribution in [2.24, 2.45) is 5.10 Å². The van der Waals surface area contributed by atoms with Crippen LogP contribution in [-0.4, -0.2) is 28.0 Å². The Morgan fingerprint density at radius 2 is 1.81 bits per heavy atom. The minimum absolute atomic E-state index is 0.0342. The lowest BCUT2D eigenvalue weighted by molar-refractivity contribution is -0.132. The van der Waals surface area contributed by atoms with E-state index < -0.39 is 22.4 Å². The first kappa shape index (κ1) is 22.3. The Morgan fingerprint density at radius 3 is 2.35 bits per heavy atom. The second kappa shape index (κ2) is 8.38. The fraction of sp³-hybridized carbons (Fsp3) is 0.286. The molecule has 9 nitrogen and oxygen atoms in total. The average molecular weight is 443 g/mol. The van der Waals surface area contributed by atoms with E-state index in [1.165, 1.54) is 31.7 Å². The second-order valence-corrected chi connectivity index (χ2v) is 8.33. The summed E-state index contributed by atoms with van der Waals surface area (Å²) in [4.78, 5) is 49.3. The van der Waals surface area contributed by atoms with Crippen LogP contribution in [0.1, 0.15) is 39.0 Å². The molecule has 0 radical (unpaired) electrons. The van der Waals surface area contributed by atoms with Crippen LogP contribution in [0.4, 0.5) is 5.69 Å². The van der Waals surface area contributed by atoms with Gasteiger partial charge in [0, 0.05) is 26.8 Å². The lowest BCUT2D eigenvalue weighted by Crippen LogP contribution is -2.41. The lowest BCUT2D eigenvalue weighted by Gasteiger charge is -2.31. The highest BCUT2D eigenvalue weighted by molar-refractivity contribution is 8.15. The van der Waals surface area contributed by atoms with E-state index in [9.17, 15) is 19.2 Å². The van der Waals surface area contributed by atoms with Crippen LogP contribution in [-0.2, 0) is 19.3 Å². The molecule has 2 amide bonds. The number of amides is 2. The van der Waals surface area contributed by atoms with Crippen LogP contribution in [0.25, 0.3) is 0 Å². The third-order valence-electron chi connectivity index (χ3n) is 4.45. The first-order valence-electron chi connectivity index (χ1n) is 9.32. The zero-order valence-corrected chi connectivity index (χ0v) is 18.5. The number of hydrogen-bond acceptors (Lipinski definition) is 8. The topological polar surface area (TPSA) is 109 Å². The third-order valence-corrected chi connectivity index (χ3v) is 5.68. The Bertz CT molecular complexity index is 1140. The molecule has 10 heteroatoms. The van der Waals surface area contributed by atoms with Crippen molar-refractivity contribution in [2.75, 3.05) is 4.90 Å². The molecule has 0 spiro atoms. The number of rotatable bonds is 3. The van der Waals surface area contributed by atoms with E-state index in [4.69, 9.17) is 9.15 Å². The van der Waals surface area contributed by atoms with Gasteiger partial charge >= 0.3 is 11.6 Å². The summed E-state index contributed by atoms with van der Waals surface area (Å²) in [6, 6.07) is 10.2. The number of carbonyl (C=O) groups is 3. The molecular formula is C21H21N3O6S. The monoisotopic (exact) mass is 443 g/mol. The molecule has 0 saturated heterocycles. The van der Waals surface area contributed by atoms with Gasteiger partial charge in [-0.2, -0.15) is 0 Å². The fourth-order valence-electron chi connectivity index (χ4n) is 3.28. The number of ether oxygens (including phenoxy) is 1. The van der Waals surface area contributed by atoms with E-state index in [0.29, 0.717) is 5.69 Å². The highest BCUT2D eigenvalue weighted by atomic mass is 32.2. The molecule has 0 fully saturated rings. The average Bonchev–Trinajstić information content (AvgIpc) is 2.99. The molecule has 1 aliphatic rings. The number of carbonyl (C=O) groups excluding carboxylic acids is 3. The minimum atomic E-state index is -1.43. The van der Waals surface area contributed by atoms with Gasteiger partial charge in [-0.3, -0.25) is 19.3 Å². The number of benzene rings is 1. The summed E-state index contributed by atoms with van der Waals surface area (Å²) >= 11 is 1.00. The highest BCUT2D eigenvalue weighted by Gasteiger charge is 2.50. The standard InChI is InChI=1S/C21H21N3O6S/c1-12-11-17(30-15(4)27)18(19(28)29-12)21(5)24(14(3)26)22-20(31-21)23(13(2)25)16-9-7-6-8-10-16/h6-11H,1-5H3. The minimum Gasteiger partial charge on any atom is -0.428 e. The molecule has 1 aliphatic heterocycles. The van der Waals surface area contributed by atoms with Crippen molar-refractivity contribution in [3.05, 3.63) is 58.1 Å². The van der Waals surface area contributed by atoms with Crippen LogP contribution in [0.15, 0.2) is 50.7 Å². The summed E-state index contributed by atoms with van der Waals surface area (Å²) in [6.07, 6.45) is 0. The van der Waals surface area contributed by atoms with Gasteiger partial charge in [0.05, 0.1) is 5.69 Å². The summed E-state index contributed by atoms with van der Waals surface area (Å²) in [5.74, 6) is -1.24. The van der Waals surface area contributed by atoms with E-state index in [1.807, 2.05) is 0 Å². The summed E-state index contributed by atoms with van der Waals surface area (Å²) in [5, 5.41) is 5.62. The summed E-state index contributed by atoms with van der Waals surface area (Å²) in [6.45, 7) is 6.98. The van der Waals surface area contributed by atoms with Crippen LogP contribution < -0.4 is 15.3 Å². The van der Waals surface area contributed by atoms with Crippen molar-refractivity contribution in [2.45, 2.75) is 39.5 Å². The van der Waals surface area contributed by atoms with Crippen molar-refractivity contribution in [3.63, 3.8) is 0 Å². The first-order valence-corrected chi connectivity index (χ1v) is 10.1. The number of thioether (sulfide) groups is 1. The second-order valence-electron chi connectivity index (χ2n) is 6.97. The SMILES string of the molecule is CC(=O)Oc1cc(C)oc(=O)c1C1(C)SC(N(C(C)=O)c2ccccc2)=NN1C(C)=O. The summed E-state index contributed by atoms with van der Waals surface area (Å²) < 4.78 is 10.5. The van der Waals surface area contributed by atoms with Gasteiger partial charge in [0.25, 0.3) is 0 Å². The molecule has 0 aliphatic carbocycles. The number of hydrazone groups is 1. The van der Waals surface area contributed by atoms with Gasteiger partial charge in [-0.15, -0.1) is 5.10 Å². The zero-order chi connectivity index (χ0) is 22.9. The number of nitrogens with zero attached hydrogens (tertiary/aromatic N) is 3. The number of aryl methyl sites for hydroxylation is 1.